The topological polar surface area (TPSA) is 42.4 Å². The maximum atomic E-state index is 9.42. The first-order valence-electron chi connectivity index (χ1n) is 4.54. The molecule has 0 saturated heterocycles. The summed E-state index contributed by atoms with van der Waals surface area (Å²) in [5, 5.41) is 9.42. The fraction of sp³-hybridized carbons (Fsp3) is 0.500. The molecule has 3 nitrogen and oxygen atoms in total. The molecule has 0 amide bonds. The Morgan fingerprint density at radius 2 is 2.21 bits per heavy atom. The Kier molecular flexibility index (Phi) is 3.52. The van der Waals surface area contributed by atoms with Crippen LogP contribution in [0.25, 0.3) is 0 Å². The quantitative estimate of drug-likeness (QED) is 0.701. The molecule has 0 aromatic carbocycles. The molecule has 0 aliphatic rings. The molecule has 0 aliphatic heterocycles. The summed E-state index contributed by atoms with van der Waals surface area (Å²) in [6.45, 7) is 3.93. The van der Waals surface area contributed by atoms with Gasteiger partial charge in [-0.1, -0.05) is 11.5 Å². The number of hydrogen-bond acceptors (Lipinski definition) is 3. The van der Waals surface area contributed by atoms with Crippen LogP contribution in [0.3, 0.4) is 0 Å². The van der Waals surface area contributed by atoms with Gasteiger partial charge < -0.3 is 9.84 Å². The van der Waals surface area contributed by atoms with Crippen LogP contribution in [-0.2, 0) is 0 Å². The number of rotatable bonds is 4. The Bertz CT molecular complexity index is 279. The summed E-state index contributed by atoms with van der Waals surface area (Å²) in [6, 6.07) is 3.44. The fourth-order valence-corrected chi connectivity index (χ4v) is 0.882. The maximum absolute atomic E-state index is 9.42. The van der Waals surface area contributed by atoms with Crippen LogP contribution in [0.4, 0.5) is 0 Å². The number of hydrogen-bond donors (Lipinski definition) is 1. The monoisotopic (exact) mass is 191 g/mol. The highest BCUT2D eigenvalue weighted by Crippen LogP contribution is 2.09. The molecule has 4 heteroatoms. The minimum Gasteiger partial charge on any atom is -0.478 e. The van der Waals surface area contributed by atoms with E-state index in [9.17, 15) is 5.11 Å². The van der Waals surface area contributed by atoms with Crippen LogP contribution >= 0.6 is 0 Å². The minimum atomic E-state index is -0.701. The molecule has 0 aliphatic carbocycles. The van der Waals surface area contributed by atoms with E-state index in [0.717, 1.165) is 0 Å². The highest BCUT2D eigenvalue weighted by Gasteiger charge is 2.11. The second-order valence-corrected chi connectivity index (χ2v) is 3.84. The number of pyridine rings is 1. The summed E-state index contributed by atoms with van der Waals surface area (Å²) in [6.07, 6.45) is 2.11. The van der Waals surface area contributed by atoms with Crippen molar-refractivity contribution in [1.29, 1.82) is 0 Å². The molecule has 0 spiro atoms. The Balaban J connectivity index is 2.35. The van der Waals surface area contributed by atoms with Gasteiger partial charge in [-0.05, 0) is 19.9 Å². The zero-order valence-corrected chi connectivity index (χ0v) is 8.53. The van der Waals surface area contributed by atoms with Crippen molar-refractivity contribution in [1.82, 2.24) is 4.98 Å². The van der Waals surface area contributed by atoms with Crippen LogP contribution in [-0.4, -0.2) is 30.1 Å². The van der Waals surface area contributed by atoms with Crippen molar-refractivity contribution in [3.8, 4) is 5.88 Å². The lowest BCUT2D eigenvalue weighted by Crippen LogP contribution is -2.22. The molecule has 1 heterocycles. The van der Waals surface area contributed by atoms with Gasteiger partial charge in [0.25, 0.3) is 0 Å². The third-order valence-corrected chi connectivity index (χ3v) is 1.72. The maximum Gasteiger partial charge on any atom is 0.213 e. The van der Waals surface area contributed by atoms with E-state index in [-0.39, 0.29) is 0 Å². The highest BCUT2D eigenvalue weighted by atomic mass is 16.5. The van der Waals surface area contributed by atoms with Crippen LogP contribution in [0, 0.1) is 0 Å². The SMILES string of the molecule is [B]c1ccc(OCCC(C)(C)O)nc1. The van der Waals surface area contributed by atoms with Crippen LogP contribution in [0.15, 0.2) is 18.3 Å². The molecule has 14 heavy (non-hydrogen) atoms. The van der Waals surface area contributed by atoms with Gasteiger partial charge in [0.2, 0.25) is 5.88 Å². The third kappa shape index (κ3) is 4.28. The van der Waals surface area contributed by atoms with Crippen LogP contribution in [0.5, 0.6) is 5.88 Å². The van der Waals surface area contributed by atoms with Gasteiger partial charge in [-0.15, -0.1) is 0 Å². The molecule has 0 bridgehead atoms. The van der Waals surface area contributed by atoms with Crippen LogP contribution in [0.1, 0.15) is 20.3 Å². The number of aliphatic hydroxyl groups is 1. The van der Waals surface area contributed by atoms with Gasteiger partial charge >= 0.3 is 0 Å². The Hall–Kier alpha value is -1.03. The minimum absolute atomic E-state index is 0.445. The molecule has 1 N–H and O–H groups in total. The molecule has 0 atom stereocenters. The summed E-state index contributed by atoms with van der Waals surface area (Å²) >= 11 is 0. The summed E-state index contributed by atoms with van der Waals surface area (Å²) < 4.78 is 5.31. The van der Waals surface area contributed by atoms with Gasteiger partial charge in [0, 0.05) is 12.6 Å². The molecule has 0 fully saturated rings. The lowest BCUT2D eigenvalue weighted by molar-refractivity contribution is 0.0547. The first-order chi connectivity index (χ1) is 6.47. The molecule has 0 saturated carbocycles. The molecule has 1 aromatic rings. The van der Waals surface area contributed by atoms with Gasteiger partial charge in [0.05, 0.1) is 12.2 Å². The molecular weight excluding hydrogens is 177 g/mol. The van der Waals surface area contributed by atoms with E-state index >= 15 is 0 Å². The summed E-state index contributed by atoms with van der Waals surface area (Å²) in [7, 11) is 5.47. The predicted molar refractivity (Wildman–Crippen MR) is 56.0 cm³/mol. The Labute approximate surface area is 85.5 Å². The van der Waals surface area contributed by atoms with E-state index < -0.39 is 5.60 Å². The van der Waals surface area contributed by atoms with Gasteiger partial charge in [-0.25, -0.2) is 4.98 Å². The van der Waals surface area contributed by atoms with Crippen molar-refractivity contribution < 1.29 is 9.84 Å². The zero-order chi connectivity index (χ0) is 10.6. The van der Waals surface area contributed by atoms with E-state index in [0.29, 0.717) is 24.4 Å². The zero-order valence-electron chi connectivity index (χ0n) is 8.53. The summed E-state index contributed by atoms with van der Waals surface area (Å²) in [5.41, 5.74) is -0.0896. The van der Waals surface area contributed by atoms with Crippen LogP contribution < -0.4 is 10.2 Å². The normalized spacial score (nSPS) is 11.4. The number of nitrogens with zero attached hydrogens (tertiary/aromatic N) is 1. The summed E-state index contributed by atoms with van der Waals surface area (Å²) in [4.78, 5) is 3.97. The van der Waals surface area contributed by atoms with E-state index in [4.69, 9.17) is 12.6 Å². The van der Waals surface area contributed by atoms with Gasteiger partial charge in [-0.2, -0.15) is 0 Å². The molecule has 0 unspecified atom stereocenters. The summed E-state index contributed by atoms with van der Waals surface area (Å²) in [5.74, 6) is 0.531. The Morgan fingerprint density at radius 1 is 1.50 bits per heavy atom. The van der Waals surface area contributed by atoms with Crippen molar-refractivity contribution in [2.45, 2.75) is 25.9 Å². The van der Waals surface area contributed by atoms with Crippen molar-refractivity contribution in [2.75, 3.05) is 6.61 Å². The Morgan fingerprint density at radius 3 is 2.71 bits per heavy atom. The molecule has 2 radical (unpaired) electrons. The van der Waals surface area contributed by atoms with Crippen LogP contribution in [0.2, 0.25) is 0 Å². The lowest BCUT2D eigenvalue weighted by atomic mass is 9.99. The second kappa shape index (κ2) is 4.46. The van der Waals surface area contributed by atoms with Gasteiger partial charge in [0.1, 0.15) is 7.85 Å². The van der Waals surface area contributed by atoms with Crippen molar-refractivity contribution in [2.24, 2.45) is 0 Å². The lowest BCUT2D eigenvalue weighted by Gasteiger charge is -2.16. The largest absolute Gasteiger partial charge is 0.478 e. The third-order valence-electron chi connectivity index (χ3n) is 1.72. The van der Waals surface area contributed by atoms with Crippen molar-refractivity contribution in [3.05, 3.63) is 18.3 Å². The molecule has 74 valence electrons. The van der Waals surface area contributed by atoms with Crippen molar-refractivity contribution >= 4 is 13.3 Å². The average Bonchev–Trinajstić information content (AvgIpc) is 2.06. The van der Waals surface area contributed by atoms with Gasteiger partial charge in [-0.3, -0.25) is 0 Å². The van der Waals surface area contributed by atoms with Crippen molar-refractivity contribution in [3.63, 3.8) is 0 Å². The van der Waals surface area contributed by atoms with E-state index in [1.165, 1.54) is 0 Å². The number of aromatic nitrogens is 1. The first-order valence-corrected chi connectivity index (χ1v) is 4.54. The average molecular weight is 191 g/mol. The predicted octanol–water partition coefficient (Wildman–Crippen LogP) is 0.415. The van der Waals surface area contributed by atoms with E-state index in [2.05, 4.69) is 4.98 Å². The smallest absolute Gasteiger partial charge is 0.213 e. The molecule has 1 aromatic heterocycles. The fourth-order valence-electron chi connectivity index (χ4n) is 0.882. The molecule has 1 rings (SSSR count). The second-order valence-electron chi connectivity index (χ2n) is 3.84. The first kappa shape index (κ1) is 11.1. The highest BCUT2D eigenvalue weighted by molar-refractivity contribution is 6.32. The van der Waals surface area contributed by atoms with E-state index in [1.54, 1.807) is 32.2 Å². The van der Waals surface area contributed by atoms with Gasteiger partial charge in [0.15, 0.2) is 0 Å². The van der Waals surface area contributed by atoms with E-state index in [1.807, 2.05) is 0 Å². The molecular formula is C10H14BNO2. The standard InChI is InChI=1S/C10H14BNO2/c1-10(2,13)5-6-14-9-4-3-8(11)7-12-9/h3-4,7,13H,5-6H2,1-2H3. The number of ether oxygens (including phenoxy) is 1.